The highest BCUT2D eigenvalue weighted by atomic mass is 32.1. The minimum atomic E-state index is 0.708. The smallest absolute Gasteiger partial charge is 0.0486 e. The first kappa shape index (κ1) is 13.1. The van der Waals surface area contributed by atoms with Crippen LogP contribution < -0.4 is 5.32 Å². The van der Waals surface area contributed by atoms with Gasteiger partial charge in [-0.25, -0.2) is 0 Å². The van der Waals surface area contributed by atoms with E-state index < -0.39 is 0 Å². The fourth-order valence-electron chi connectivity index (χ4n) is 3.44. The SMILES string of the molecule is c1ccc2c(c1)c(C1CCNCC1)cn2Cc1ccsc1. The number of piperidine rings is 1. The normalized spacial score (nSPS) is 16.6. The number of thiophene rings is 1. The average molecular weight is 296 g/mol. The topological polar surface area (TPSA) is 17.0 Å². The van der Waals surface area contributed by atoms with Gasteiger partial charge in [-0.15, -0.1) is 0 Å². The van der Waals surface area contributed by atoms with Crippen molar-refractivity contribution in [1.29, 1.82) is 0 Å². The van der Waals surface area contributed by atoms with Crippen molar-refractivity contribution in [3.05, 3.63) is 58.4 Å². The molecule has 3 heterocycles. The maximum atomic E-state index is 3.47. The zero-order chi connectivity index (χ0) is 14.1. The molecule has 1 aromatic carbocycles. The molecule has 4 rings (SSSR count). The van der Waals surface area contributed by atoms with Gasteiger partial charge in [0.05, 0.1) is 0 Å². The predicted octanol–water partition coefficient (Wildman–Crippen LogP) is 4.22. The molecular weight excluding hydrogens is 276 g/mol. The lowest BCUT2D eigenvalue weighted by Gasteiger charge is -2.22. The summed E-state index contributed by atoms with van der Waals surface area (Å²) < 4.78 is 2.43. The van der Waals surface area contributed by atoms with Crippen LogP contribution in [0, 0.1) is 0 Å². The zero-order valence-electron chi connectivity index (χ0n) is 12.1. The van der Waals surface area contributed by atoms with Crippen molar-refractivity contribution in [1.82, 2.24) is 9.88 Å². The molecule has 1 aliphatic rings. The quantitative estimate of drug-likeness (QED) is 0.766. The summed E-state index contributed by atoms with van der Waals surface area (Å²) in [5, 5.41) is 9.32. The van der Waals surface area contributed by atoms with E-state index in [1.807, 2.05) is 0 Å². The molecule has 3 heteroatoms. The van der Waals surface area contributed by atoms with Crippen LogP contribution in [0.5, 0.6) is 0 Å². The molecule has 21 heavy (non-hydrogen) atoms. The van der Waals surface area contributed by atoms with Crippen molar-refractivity contribution < 1.29 is 0 Å². The zero-order valence-corrected chi connectivity index (χ0v) is 12.9. The van der Waals surface area contributed by atoms with Gasteiger partial charge in [-0.05, 0) is 65.9 Å². The average Bonchev–Trinajstić information content (AvgIpc) is 3.17. The lowest BCUT2D eigenvalue weighted by molar-refractivity contribution is 0.461. The molecule has 1 fully saturated rings. The van der Waals surface area contributed by atoms with Crippen molar-refractivity contribution in [3.8, 4) is 0 Å². The summed E-state index contributed by atoms with van der Waals surface area (Å²) in [5.74, 6) is 0.708. The molecule has 0 amide bonds. The number of nitrogens with zero attached hydrogens (tertiary/aromatic N) is 1. The van der Waals surface area contributed by atoms with Crippen molar-refractivity contribution in [2.24, 2.45) is 0 Å². The van der Waals surface area contributed by atoms with Crippen molar-refractivity contribution in [2.45, 2.75) is 25.3 Å². The molecule has 1 saturated heterocycles. The Balaban J connectivity index is 1.76. The van der Waals surface area contributed by atoms with Crippen LogP contribution in [0.3, 0.4) is 0 Å². The fourth-order valence-corrected chi connectivity index (χ4v) is 4.10. The Hall–Kier alpha value is -1.58. The molecule has 1 aliphatic heterocycles. The van der Waals surface area contributed by atoms with Gasteiger partial charge in [-0.3, -0.25) is 0 Å². The van der Waals surface area contributed by atoms with Crippen molar-refractivity contribution in [2.75, 3.05) is 13.1 Å². The summed E-state index contributed by atoms with van der Waals surface area (Å²) in [6, 6.07) is 11.1. The van der Waals surface area contributed by atoms with Crippen LogP contribution in [-0.2, 0) is 6.54 Å². The van der Waals surface area contributed by atoms with Gasteiger partial charge >= 0.3 is 0 Å². The number of nitrogens with one attached hydrogen (secondary N) is 1. The van der Waals surface area contributed by atoms with Crippen LogP contribution in [0.2, 0.25) is 0 Å². The summed E-state index contributed by atoms with van der Waals surface area (Å²) in [5.41, 5.74) is 4.32. The first-order valence-electron chi connectivity index (χ1n) is 7.71. The second-order valence-electron chi connectivity index (χ2n) is 5.89. The summed E-state index contributed by atoms with van der Waals surface area (Å²) >= 11 is 1.78. The van der Waals surface area contributed by atoms with Gasteiger partial charge in [-0.2, -0.15) is 11.3 Å². The summed E-state index contributed by atoms with van der Waals surface area (Å²) in [7, 11) is 0. The molecule has 1 N–H and O–H groups in total. The minimum Gasteiger partial charge on any atom is -0.343 e. The van der Waals surface area contributed by atoms with Crippen LogP contribution in [0.4, 0.5) is 0 Å². The summed E-state index contributed by atoms with van der Waals surface area (Å²) in [6.45, 7) is 3.28. The second kappa shape index (κ2) is 5.66. The molecule has 0 spiro atoms. The Morgan fingerprint density at radius 1 is 1.14 bits per heavy atom. The van der Waals surface area contributed by atoms with E-state index in [0.717, 1.165) is 19.6 Å². The van der Waals surface area contributed by atoms with Crippen LogP contribution in [-0.4, -0.2) is 17.7 Å². The van der Waals surface area contributed by atoms with E-state index in [1.54, 1.807) is 16.9 Å². The Bertz CT molecular complexity index is 721. The molecular formula is C18H20N2S. The third-order valence-electron chi connectivity index (χ3n) is 4.53. The van der Waals surface area contributed by atoms with Crippen molar-refractivity contribution in [3.63, 3.8) is 0 Å². The summed E-state index contributed by atoms with van der Waals surface area (Å²) in [4.78, 5) is 0. The number of fused-ring (bicyclic) bond motifs is 1. The maximum Gasteiger partial charge on any atom is 0.0486 e. The third-order valence-corrected chi connectivity index (χ3v) is 5.26. The number of hydrogen-bond donors (Lipinski definition) is 1. The Morgan fingerprint density at radius 2 is 2.00 bits per heavy atom. The van der Waals surface area contributed by atoms with E-state index in [0.29, 0.717) is 5.92 Å². The Kier molecular flexibility index (Phi) is 3.53. The molecule has 0 bridgehead atoms. The lowest BCUT2D eigenvalue weighted by atomic mass is 9.90. The molecule has 3 aromatic rings. The van der Waals surface area contributed by atoms with Gasteiger partial charge in [0, 0.05) is 23.6 Å². The first-order chi connectivity index (χ1) is 10.4. The predicted molar refractivity (Wildman–Crippen MR) is 90.2 cm³/mol. The standard InChI is InChI=1S/C18H20N2S/c1-2-4-18-16(3-1)17(15-5-8-19-9-6-15)12-20(18)11-14-7-10-21-13-14/h1-4,7,10,12-13,15,19H,5-6,8-9,11H2. The highest BCUT2D eigenvalue weighted by Crippen LogP contribution is 2.33. The molecule has 0 unspecified atom stereocenters. The molecule has 2 nitrogen and oxygen atoms in total. The van der Waals surface area contributed by atoms with Crippen LogP contribution in [0.15, 0.2) is 47.3 Å². The van der Waals surface area contributed by atoms with Gasteiger partial charge in [0.1, 0.15) is 0 Å². The van der Waals surface area contributed by atoms with Crippen LogP contribution >= 0.6 is 11.3 Å². The number of rotatable bonds is 3. The molecule has 0 radical (unpaired) electrons. The van der Waals surface area contributed by atoms with Gasteiger partial charge in [0.25, 0.3) is 0 Å². The van der Waals surface area contributed by atoms with Gasteiger partial charge in [0.15, 0.2) is 0 Å². The highest BCUT2D eigenvalue weighted by Gasteiger charge is 2.19. The Morgan fingerprint density at radius 3 is 2.81 bits per heavy atom. The van der Waals surface area contributed by atoms with Gasteiger partial charge in [0.2, 0.25) is 0 Å². The number of hydrogen-bond acceptors (Lipinski definition) is 2. The van der Waals surface area contributed by atoms with Gasteiger partial charge < -0.3 is 9.88 Å². The number of para-hydroxylation sites is 1. The van der Waals surface area contributed by atoms with E-state index >= 15 is 0 Å². The minimum absolute atomic E-state index is 0.708. The molecule has 0 saturated carbocycles. The highest BCUT2D eigenvalue weighted by molar-refractivity contribution is 7.07. The monoisotopic (exact) mass is 296 g/mol. The maximum absolute atomic E-state index is 3.47. The van der Waals surface area contributed by atoms with E-state index in [2.05, 4.69) is 57.2 Å². The van der Waals surface area contributed by atoms with Crippen LogP contribution in [0.25, 0.3) is 10.9 Å². The molecule has 0 atom stereocenters. The van der Waals surface area contributed by atoms with Crippen molar-refractivity contribution >= 4 is 22.2 Å². The first-order valence-corrected chi connectivity index (χ1v) is 8.65. The Labute approximate surface area is 129 Å². The van der Waals surface area contributed by atoms with E-state index in [1.165, 1.54) is 29.3 Å². The second-order valence-corrected chi connectivity index (χ2v) is 6.67. The van der Waals surface area contributed by atoms with Crippen LogP contribution in [0.1, 0.15) is 29.9 Å². The lowest BCUT2D eigenvalue weighted by Crippen LogP contribution is -2.26. The largest absolute Gasteiger partial charge is 0.343 e. The molecule has 2 aromatic heterocycles. The number of benzene rings is 1. The fraction of sp³-hybridized carbons (Fsp3) is 0.333. The van der Waals surface area contributed by atoms with Gasteiger partial charge in [-0.1, -0.05) is 18.2 Å². The van der Waals surface area contributed by atoms with E-state index in [-0.39, 0.29) is 0 Å². The number of aromatic nitrogens is 1. The molecule has 0 aliphatic carbocycles. The summed E-state index contributed by atoms with van der Waals surface area (Å²) in [6.07, 6.45) is 4.91. The third kappa shape index (κ3) is 2.52. The molecule has 108 valence electrons. The van der Waals surface area contributed by atoms with E-state index in [9.17, 15) is 0 Å². The van der Waals surface area contributed by atoms with E-state index in [4.69, 9.17) is 0 Å².